The molecular weight excluding hydrogens is 302 g/mol. The average molecular weight is 320 g/mol. The van der Waals surface area contributed by atoms with Crippen LogP contribution in [0, 0.1) is 0 Å². The lowest BCUT2D eigenvalue weighted by Gasteiger charge is -2.17. The van der Waals surface area contributed by atoms with Crippen LogP contribution in [0.15, 0.2) is 47.2 Å². The number of rotatable bonds is 5. The molecule has 0 atom stereocenters. The summed E-state index contributed by atoms with van der Waals surface area (Å²) in [4.78, 5) is 6.32. The fourth-order valence-electron chi connectivity index (χ4n) is 2.03. The second-order valence-corrected chi connectivity index (χ2v) is 5.65. The maximum atomic E-state index is 5.84. The molecule has 0 saturated heterocycles. The second-order valence-electron chi connectivity index (χ2n) is 4.74. The number of nitrogens with zero attached hydrogens (tertiary/aromatic N) is 2. The number of nitrogen functional groups attached to an aromatic ring is 1. The lowest BCUT2D eigenvalue weighted by atomic mass is 10.1. The monoisotopic (exact) mass is 319 g/mol. The Hall–Kier alpha value is -1.39. The lowest BCUT2D eigenvalue weighted by Crippen LogP contribution is -2.20. The summed E-state index contributed by atoms with van der Waals surface area (Å²) in [5.41, 5.74) is 9.18. The van der Waals surface area contributed by atoms with Crippen LogP contribution < -0.4 is 5.73 Å². The van der Waals surface area contributed by atoms with Gasteiger partial charge in [0.25, 0.3) is 0 Å². The minimum atomic E-state index is 0.798. The fraction of sp³-hybridized carbons (Fsp3) is 0.267. The molecule has 100 valence electrons. The molecular formula is C15H18BrN3. The van der Waals surface area contributed by atoms with Crippen LogP contribution >= 0.6 is 15.9 Å². The van der Waals surface area contributed by atoms with Gasteiger partial charge in [-0.3, -0.25) is 4.98 Å². The van der Waals surface area contributed by atoms with Gasteiger partial charge in [-0.1, -0.05) is 15.9 Å². The van der Waals surface area contributed by atoms with Crippen molar-refractivity contribution in [1.29, 1.82) is 0 Å². The van der Waals surface area contributed by atoms with Gasteiger partial charge in [0.2, 0.25) is 0 Å². The zero-order valence-electron chi connectivity index (χ0n) is 11.0. The molecule has 0 fully saturated rings. The number of halogens is 1. The molecule has 0 radical (unpaired) electrons. The van der Waals surface area contributed by atoms with Crippen LogP contribution in [0.3, 0.4) is 0 Å². The minimum Gasteiger partial charge on any atom is -0.399 e. The molecule has 4 heteroatoms. The van der Waals surface area contributed by atoms with Gasteiger partial charge in [-0.2, -0.15) is 0 Å². The predicted octanol–water partition coefficient (Wildman–Crippen LogP) is 3.10. The van der Waals surface area contributed by atoms with E-state index in [1.807, 2.05) is 24.5 Å². The summed E-state index contributed by atoms with van der Waals surface area (Å²) in [5.74, 6) is 0. The van der Waals surface area contributed by atoms with Crippen LogP contribution in [0.5, 0.6) is 0 Å². The topological polar surface area (TPSA) is 42.2 Å². The summed E-state index contributed by atoms with van der Waals surface area (Å²) >= 11 is 3.47. The van der Waals surface area contributed by atoms with Crippen molar-refractivity contribution in [3.05, 3.63) is 58.3 Å². The van der Waals surface area contributed by atoms with E-state index in [0.717, 1.165) is 29.7 Å². The van der Waals surface area contributed by atoms with Crippen molar-refractivity contribution < 1.29 is 0 Å². The summed E-state index contributed by atoms with van der Waals surface area (Å²) in [7, 11) is 2.12. The highest BCUT2D eigenvalue weighted by atomic mass is 79.9. The standard InChI is InChI=1S/C15H18BrN3/c1-19(7-4-12-2-5-18-6-3-12)11-13-8-14(16)10-15(17)9-13/h2-3,5-6,8-10H,4,7,11,17H2,1H3. The summed E-state index contributed by atoms with van der Waals surface area (Å²) in [6.45, 7) is 1.91. The molecule has 0 spiro atoms. The molecule has 2 aromatic rings. The van der Waals surface area contributed by atoms with E-state index in [-0.39, 0.29) is 0 Å². The molecule has 1 aromatic heterocycles. The van der Waals surface area contributed by atoms with E-state index in [1.54, 1.807) is 0 Å². The fourth-order valence-corrected chi connectivity index (χ4v) is 2.59. The number of anilines is 1. The molecule has 1 heterocycles. The maximum Gasteiger partial charge on any atom is 0.0328 e. The summed E-state index contributed by atoms with van der Waals surface area (Å²) in [5, 5.41) is 0. The van der Waals surface area contributed by atoms with Crippen LogP contribution in [-0.2, 0) is 13.0 Å². The number of aromatic nitrogens is 1. The van der Waals surface area contributed by atoms with Crippen LogP contribution in [0.2, 0.25) is 0 Å². The Labute approximate surface area is 122 Å². The third kappa shape index (κ3) is 4.65. The number of hydrogen-bond donors (Lipinski definition) is 1. The van der Waals surface area contributed by atoms with Gasteiger partial charge in [0.15, 0.2) is 0 Å². The molecule has 0 aliphatic rings. The Bertz CT molecular complexity index is 508. The summed E-state index contributed by atoms with van der Waals surface area (Å²) < 4.78 is 1.03. The lowest BCUT2D eigenvalue weighted by molar-refractivity contribution is 0.331. The highest BCUT2D eigenvalue weighted by Crippen LogP contribution is 2.18. The molecule has 0 unspecified atom stereocenters. The smallest absolute Gasteiger partial charge is 0.0328 e. The molecule has 0 aliphatic heterocycles. The first-order valence-corrected chi connectivity index (χ1v) is 7.05. The number of nitrogens with two attached hydrogens (primary N) is 1. The van der Waals surface area contributed by atoms with Crippen LogP contribution in [0.25, 0.3) is 0 Å². The SMILES string of the molecule is CN(CCc1ccncc1)Cc1cc(N)cc(Br)c1. The van der Waals surface area contributed by atoms with Gasteiger partial charge in [-0.15, -0.1) is 0 Å². The molecule has 2 N–H and O–H groups in total. The molecule has 0 saturated carbocycles. The van der Waals surface area contributed by atoms with E-state index in [9.17, 15) is 0 Å². The first-order chi connectivity index (χ1) is 9.13. The third-order valence-corrected chi connectivity index (χ3v) is 3.42. The molecule has 0 amide bonds. The van der Waals surface area contributed by atoms with E-state index in [0.29, 0.717) is 0 Å². The largest absolute Gasteiger partial charge is 0.399 e. The second kappa shape index (κ2) is 6.68. The first-order valence-electron chi connectivity index (χ1n) is 6.26. The number of likely N-dealkylation sites (N-methyl/N-ethyl adjacent to an activating group) is 1. The van der Waals surface area contributed by atoms with Gasteiger partial charge in [-0.05, 0) is 54.9 Å². The zero-order chi connectivity index (χ0) is 13.7. The maximum absolute atomic E-state index is 5.84. The van der Waals surface area contributed by atoms with E-state index < -0.39 is 0 Å². The molecule has 1 aromatic carbocycles. The summed E-state index contributed by atoms with van der Waals surface area (Å²) in [6.07, 6.45) is 4.71. The molecule has 3 nitrogen and oxygen atoms in total. The minimum absolute atomic E-state index is 0.798. The van der Waals surface area contributed by atoms with Gasteiger partial charge >= 0.3 is 0 Å². The van der Waals surface area contributed by atoms with Gasteiger partial charge in [0.05, 0.1) is 0 Å². The Morgan fingerprint density at radius 1 is 1.16 bits per heavy atom. The Morgan fingerprint density at radius 3 is 2.58 bits per heavy atom. The van der Waals surface area contributed by atoms with Crippen molar-refractivity contribution in [1.82, 2.24) is 9.88 Å². The number of hydrogen-bond acceptors (Lipinski definition) is 3. The normalized spacial score (nSPS) is 10.9. The van der Waals surface area contributed by atoms with Crippen molar-refractivity contribution in [2.24, 2.45) is 0 Å². The first kappa shape index (κ1) is 14.0. The Kier molecular flexibility index (Phi) is 4.93. The highest BCUT2D eigenvalue weighted by Gasteiger charge is 2.03. The van der Waals surface area contributed by atoms with E-state index >= 15 is 0 Å². The number of benzene rings is 1. The van der Waals surface area contributed by atoms with Crippen LogP contribution in [-0.4, -0.2) is 23.5 Å². The summed E-state index contributed by atoms with van der Waals surface area (Å²) in [6, 6.07) is 10.2. The van der Waals surface area contributed by atoms with Crippen molar-refractivity contribution in [3.63, 3.8) is 0 Å². The Morgan fingerprint density at radius 2 is 1.89 bits per heavy atom. The molecule has 0 bridgehead atoms. The van der Waals surface area contributed by atoms with Gasteiger partial charge in [0.1, 0.15) is 0 Å². The van der Waals surface area contributed by atoms with E-state index in [2.05, 4.69) is 51.1 Å². The van der Waals surface area contributed by atoms with Crippen molar-refractivity contribution in [2.75, 3.05) is 19.3 Å². The van der Waals surface area contributed by atoms with Gasteiger partial charge in [-0.25, -0.2) is 0 Å². The number of pyridine rings is 1. The predicted molar refractivity (Wildman–Crippen MR) is 82.8 cm³/mol. The van der Waals surface area contributed by atoms with Gasteiger partial charge < -0.3 is 10.6 Å². The van der Waals surface area contributed by atoms with Crippen molar-refractivity contribution >= 4 is 21.6 Å². The molecule has 0 aliphatic carbocycles. The van der Waals surface area contributed by atoms with Crippen LogP contribution in [0.1, 0.15) is 11.1 Å². The third-order valence-electron chi connectivity index (χ3n) is 2.96. The zero-order valence-corrected chi connectivity index (χ0v) is 12.6. The van der Waals surface area contributed by atoms with Crippen molar-refractivity contribution in [3.8, 4) is 0 Å². The molecule has 2 rings (SSSR count). The molecule has 19 heavy (non-hydrogen) atoms. The van der Waals surface area contributed by atoms with Crippen LogP contribution in [0.4, 0.5) is 5.69 Å². The quantitative estimate of drug-likeness (QED) is 0.861. The Balaban J connectivity index is 1.89. The van der Waals surface area contributed by atoms with E-state index in [4.69, 9.17) is 5.73 Å². The highest BCUT2D eigenvalue weighted by molar-refractivity contribution is 9.10. The van der Waals surface area contributed by atoms with Gasteiger partial charge in [0, 0.05) is 35.6 Å². The van der Waals surface area contributed by atoms with Crippen molar-refractivity contribution in [2.45, 2.75) is 13.0 Å². The van der Waals surface area contributed by atoms with E-state index in [1.165, 1.54) is 11.1 Å². The average Bonchev–Trinajstić information content (AvgIpc) is 2.36.